The SMILES string of the molecule is Cc1[nH]c2ccccc2c1C(=O)N1CCC[C@H]1c1ccc(C(=O)N2CCOCC2)cn1. The summed E-state index contributed by atoms with van der Waals surface area (Å²) in [5.41, 5.74) is 4.01. The predicted molar refractivity (Wildman–Crippen MR) is 117 cm³/mol. The largest absolute Gasteiger partial charge is 0.378 e. The number of aromatic nitrogens is 2. The summed E-state index contributed by atoms with van der Waals surface area (Å²) in [4.78, 5) is 37.8. The highest BCUT2D eigenvalue weighted by Gasteiger charge is 2.33. The minimum atomic E-state index is -0.0758. The van der Waals surface area contributed by atoms with Crippen molar-refractivity contribution in [3.63, 3.8) is 0 Å². The number of rotatable bonds is 3. The highest BCUT2D eigenvalue weighted by Crippen LogP contribution is 2.34. The zero-order valence-electron chi connectivity index (χ0n) is 17.6. The van der Waals surface area contributed by atoms with Crippen molar-refractivity contribution in [3.05, 3.63) is 65.1 Å². The molecule has 31 heavy (non-hydrogen) atoms. The molecule has 0 bridgehead atoms. The monoisotopic (exact) mass is 418 g/mol. The predicted octanol–water partition coefficient (Wildman–Crippen LogP) is 3.32. The van der Waals surface area contributed by atoms with Gasteiger partial charge in [0.2, 0.25) is 0 Å². The number of para-hydroxylation sites is 1. The number of likely N-dealkylation sites (tertiary alicyclic amines) is 1. The van der Waals surface area contributed by atoms with Crippen molar-refractivity contribution < 1.29 is 14.3 Å². The maximum Gasteiger partial charge on any atom is 0.256 e. The smallest absolute Gasteiger partial charge is 0.256 e. The summed E-state index contributed by atoms with van der Waals surface area (Å²) >= 11 is 0. The van der Waals surface area contributed by atoms with Crippen LogP contribution in [0.25, 0.3) is 10.9 Å². The maximum atomic E-state index is 13.5. The Morgan fingerprint density at radius 1 is 1.06 bits per heavy atom. The molecule has 1 atom stereocenters. The molecular weight excluding hydrogens is 392 g/mol. The third kappa shape index (κ3) is 3.59. The van der Waals surface area contributed by atoms with Crippen LogP contribution in [0.3, 0.4) is 0 Å². The zero-order valence-corrected chi connectivity index (χ0v) is 17.6. The van der Waals surface area contributed by atoms with Crippen LogP contribution in [0.5, 0.6) is 0 Å². The Hall–Kier alpha value is -3.19. The summed E-state index contributed by atoms with van der Waals surface area (Å²) in [6.45, 7) is 5.01. The van der Waals surface area contributed by atoms with E-state index >= 15 is 0 Å². The van der Waals surface area contributed by atoms with Crippen LogP contribution in [0.4, 0.5) is 0 Å². The second-order valence-electron chi connectivity index (χ2n) is 8.20. The molecule has 4 heterocycles. The number of nitrogens with one attached hydrogen (secondary N) is 1. The van der Waals surface area contributed by atoms with Crippen molar-refractivity contribution >= 4 is 22.7 Å². The highest BCUT2D eigenvalue weighted by atomic mass is 16.5. The number of benzene rings is 1. The summed E-state index contributed by atoms with van der Waals surface area (Å²) < 4.78 is 5.32. The molecular formula is C24H26N4O3. The molecule has 0 radical (unpaired) electrons. The first-order chi connectivity index (χ1) is 15.1. The molecule has 0 aliphatic carbocycles. The molecule has 7 heteroatoms. The van der Waals surface area contributed by atoms with E-state index in [4.69, 9.17) is 4.74 Å². The van der Waals surface area contributed by atoms with Crippen LogP contribution < -0.4 is 0 Å². The van der Waals surface area contributed by atoms with Gasteiger partial charge < -0.3 is 19.5 Å². The molecule has 0 saturated carbocycles. The molecule has 7 nitrogen and oxygen atoms in total. The van der Waals surface area contributed by atoms with Crippen molar-refractivity contribution in [2.24, 2.45) is 0 Å². The van der Waals surface area contributed by atoms with Crippen molar-refractivity contribution in [2.45, 2.75) is 25.8 Å². The van der Waals surface area contributed by atoms with Crippen molar-refractivity contribution in [1.29, 1.82) is 0 Å². The molecule has 1 aromatic carbocycles. The summed E-state index contributed by atoms with van der Waals surface area (Å²) in [7, 11) is 0. The number of hydrogen-bond donors (Lipinski definition) is 1. The number of hydrogen-bond acceptors (Lipinski definition) is 4. The lowest BCUT2D eigenvalue weighted by molar-refractivity contribution is 0.0302. The van der Waals surface area contributed by atoms with Crippen LogP contribution >= 0.6 is 0 Å². The van der Waals surface area contributed by atoms with E-state index in [2.05, 4.69) is 9.97 Å². The molecule has 2 aliphatic rings. The molecule has 2 fully saturated rings. The van der Waals surface area contributed by atoms with Gasteiger partial charge >= 0.3 is 0 Å². The molecule has 2 amide bonds. The Balaban J connectivity index is 1.38. The number of morpholine rings is 1. The van der Waals surface area contributed by atoms with E-state index in [-0.39, 0.29) is 17.9 Å². The summed E-state index contributed by atoms with van der Waals surface area (Å²) in [6.07, 6.45) is 3.45. The van der Waals surface area contributed by atoms with Crippen molar-refractivity contribution in [3.8, 4) is 0 Å². The fraction of sp³-hybridized carbons (Fsp3) is 0.375. The van der Waals surface area contributed by atoms with Gasteiger partial charge in [-0.25, -0.2) is 0 Å². The second kappa shape index (κ2) is 8.15. The van der Waals surface area contributed by atoms with Gasteiger partial charge in [0.05, 0.1) is 36.1 Å². The van der Waals surface area contributed by atoms with E-state index in [1.165, 1.54) is 0 Å². The number of pyridine rings is 1. The van der Waals surface area contributed by atoms with E-state index in [9.17, 15) is 9.59 Å². The van der Waals surface area contributed by atoms with E-state index < -0.39 is 0 Å². The lowest BCUT2D eigenvalue weighted by atomic mass is 10.1. The van der Waals surface area contributed by atoms with Crippen molar-refractivity contribution in [2.75, 3.05) is 32.8 Å². The fourth-order valence-electron chi connectivity index (χ4n) is 4.69. The Bertz CT molecular complexity index is 1120. The third-order valence-electron chi connectivity index (χ3n) is 6.29. The number of carbonyl (C=O) groups excluding carboxylic acids is 2. The van der Waals surface area contributed by atoms with E-state index in [1.807, 2.05) is 48.2 Å². The molecule has 1 N–H and O–H groups in total. The molecule has 2 saturated heterocycles. The van der Waals surface area contributed by atoms with Crippen LogP contribution in [0.15, 0.2) is 42.6 Å². The molecule has 5 rings (SSSR count). The molecule has 2 aliphatic heterocycles. The molecule has 3 aromatic rings. The lowest BCUT2D eigenvalue weighted by Crippen LogP contribution is -2.40. The summed E-state index contributed by atoms with van der Waals surface area (Å²) in [5.74, 6) is 0.0174. The first kappa shape index (κ1) is 19.8. The summed E-state index contributed by atoms with van der Waals surface area (Å²) in [5, 5.41) is 0.954. The first-order valence-electron chi connectivity index (χ1n) is 10.8. The summed E-state index contributed by atoms with van der Waals surface area (Å²) in [6, 6.07) is 11.6. The van der Waals surface area contributed by atoms with E-state index in [0.29, 0.717) is 38.4 Å². The number of ether oxygens (including phenoxy) is 1. The first-order valence-corrected chi connectivity index (χ1v) is 10.8. The van der Waals surface area contributed by atoms with E-state index in [0.717, 1.165) is 40.7 Å². The van der Waals surface area contributed by atoms with Crippen LogP contribution in [-0.2, 0) is 4.74 Å². The standard InChI is InChI=1S/C24H26N4O3/c1-16-22(18-5-2-3-6-19(18)26-16)24(30)28-10-4-7-21(28)20-9-8-17(15-25-20)23(29)27-11-13-31-14-12-27/h2-3,5-6,8-9,15,21,26H,4,7,10-14H2,1H3/t21-/m0/s1. The number of nitrogens with zero attached hydrogens (tertiary/aromatic N) is 3. The van der Waals surface area contributed by atoms with Gasteiger partial charge in [-0.3, -0.25) is 14.6 Å². The normalized spacial score (nSPS) is 19.2. The topological polar surface area (TPSA) is 78.5 Å². The Morgan fingerprint density at radius 3 is 2.65 bits per heavy atom. The molecule has 0 spiro atoms. The van der Waals surface area contributed by atoms with Crippen LogP contribution in [-0.4, -0.2) is 64.4 Å². The Morgan fingerprint density at radius 2 is 1.87 bits per heavy atom. The average Bonchev–Trinajstić information content (AvgIpc) is 3.43. The fourth-order valence-corrected chi connectivity index (χ4v) is 4.69. The van der Waals surface area contributed by atoms with Gasteiger partial charge in [-0.1, -0.05) is 18.2 Å². The number of H-pyrrole nitrogens is 1. The second-order valence-corrected chi connectivity index (χ2v) is 8.20. The zero-order chi connectivity index (χ0) is 21.4. The Kier molecular flexibility index (Phi) is 5.19. The van der Waals surface area contributed by atoms with Crippen LogP contribution in [0.1, 0.15) is 51.0 Å². The van der Waals surface area contributed by atoms with Gasteiger partial charge in [0.15, 0.2) is 0 Å². The highest BCUT2D eigenvalue weighted by molar-refractivity contribution is 6.08. The number of amides is 2. The van der Waals surface area contributed by atoms with Gasteiger partial charge in [-0.05, 0) is 38.0 Å². The number of aromatic amines is 1. The lowest BCUT2D eigenvalue weighted by Gasteiger charge is -2.27. The van der Waals surface area contributed by atoms with E-state index in [1.54, 1.807) is 11.1 Å². The number of fused-ring (bicyclic) bond motifs is 1. The van der Waals surface area contributed by atoms with Gasteiger partial charge in [-0.15, -0.1) is 0 Å². The van der Waals surface area contributed by atoms with Crippen molar-refractivity contribution in [1.82, 2.24) is 19.8 Å². The maximum absolute atomic E-state index is 13.5. The molecule has 2 aromatic heterocycles. The number of carbonyl (C=O) groups is 2. The van der Waals surface area contributed by atoms with Gasteiger partial charge in [0, 0.05) is 42.4 Å². The average molecular weight is 418 g/mol. The minimum Gasteiger partial charge on any atom is -0.378 e. The van der Waals surface area contributed by atoms with Gasteiger partial charge in [0.1, 0.15) is 0 Å². The van der Waals surface area contributed by atoms with Gasteiger partial charge in [0.25, 0.3) is 11.8 Å². The number of aryl methyl sites for hydroxylation is 1. The minimum absolute atomic E-state index is 0.0175. The third-order valence-corrected chi connectivity index (χ3v) is 6.29. The van der Waals surface area contributed by atoms with Crippen LogP contribution in [0.2, 0.25) is 0 Å². The quantitative estimate of drug-likeness (QED) is 0.708. The Labute approximate surface area is 181 Å². The molecule has 0 unspecified atom stereocenters. The molecule has 160 valence electrons. The van der Waals surface area contributed by atoms with Crippen LogP contribution in [0, 0.1) is 6.92 Å². The van der Waals surface area contributed by atoms with Gasteiger partial charge in [-0.2, -0.15) is 0 Å².